The minimum absolute atomic E-state index is 0.00168. The lowest BCUT2D eigenvalue weighted by molar-refractivity contribution is -0.226. The van der Waals surface area contributed by atoms with Gasteiger partial charge in [0.25, 0.3) is 0 Å². The van der Waals surface area contributed by atoms with Gasteiger partial charge >= 0.3 is 5.97 Å². The summed E-state index contributed by atoms with van der Waals surface area (Å²) in [7, 11) is 0. The maximum atomic E-state index is 12.4. The van der Waals surface area contributed by atoms with Crippen molar-refractivity contribution in [2.45, 2.75) is 119 Å². The number of aliphatic hydroxyl groups excluding tert-OH is 1. The zero-order valence-corrected chi connectivity index (χ0v) is 22.3. The SMILES string of the molecule is CC(C)=CCC/C(C)=C1/CC[C@@]2(C)[C@H]1CC[C@H]1[C@@]3(C)CC[C@H](O)[C@](C)(C(=O)O)[C@@H]3CC[C@@]12C. The standard InChI is InChI=1S/C30H48O3/c1-19(2)9-8-10-20(3)21-13-17-28(5)22(21)11-12-23-27(4)16-15-25(31)30(7,26(32)33)24(27)14-18-29(23,28)6/h9,22-25,31H,8,10-18H2,1-7H3,(H,32,33)/b21-20-/t22-,23-,24+,25-,27+,28-,29-,30+/m0/s1. The number of hydrogen-bond donors (Lipinski definition) is 2. The van der Waals surface area contributed by atoms with Gasteiger partial charge in [-0.05, 0) is 126 Å². The molecule has 4 fully saturated rings. The molecule has 0 spiro atoms. The summed E-state index contributed by atoms with van der Waals surface area (Å²) in [5, 5.41) is 21.0. The molecule has 0 unspecified atom stereocenters. The smallest absolute Gasteiger partial charge is 0.312 e. The van der Waals surface area contributed by atoms with E-state index in [-0.39, 0.29) is 16.7 Å². The number of aliphatic carboxylic acids is 1. The average molecular weight is 457 g/mol. The molecule has 4 aliphatic carbocycles. The summed E-state index contributed by atoms with van der Waals surface area (Å²) < 4.78 is 0. The van der Waals surface area contributed by atoms with Crippen LogP contribution in [0.2, 0.25) is 0 Å². The number of carboxylic acids is 1. The zero-order chi connectivity index (χ0) is 24.4. The highest BCUT2D eigenvalue weighted by Gasteiger charge is 2.69. The zero-order valence-electron chi connectivity index (χ0n) is 22.3. The van der Waals surface area contributed by atoms with E-state index < -0.39 is 17.5 Å². The highest BCUT2D eigenvalue weighted by Crippen LogP contribution is 2.75. The van der Waals surface area contributed by atoms with Crippen LogP contribution in [0.3, 0.4) is 0 Å². The number of carbonyl (C=O) groups is 1. The van der Waals surface area contributed by atoms with E-state index in [0.29, 0.717) is 23.7 Å². The number of rotatable bonds is 4. The van der Waals surface area contributed by atoms with Crippen LogP contribution < -0.4 is 0 Å². The maximum Gasteiger partial charge on any atom is 0.312 e. The Balaban J connectivity index is 1.66. The summed E-state index contributed by atoms with van der Waals surface area (Å²) in [6.45, 7) is 16.1. The normalized spacial score (nSPS) is 48.4. The van der Waals surface area contributed by atoms with E-state index in [9.17, 15) is 15.0 Å². The van der Waals surface area contributed by atoms with Gasteiger partial charge < -0.3 is 10.2 Å². The second-order valence-electron chi connectivity index (χ2n) is 13.4. The lowest BCUT2D eigenvalue weighted by atomic mass is 9.35. The van der Waals surface area contributed by atoms with Crippen molar-refractivity contribution in [2.75, 3.05) is 0 Å². The first-order chi connectivity index (χ1) is 15.3. The van der Waals surface area contributed by atoms with Crippen molar-refractivity contribution in [3.63, 3.8) is 0 Å². The van der Waals surface area contributed by atoms with Gasteiger partial charge in [0.05, 0.1) is 11.5 Å². The topological polar surface area (TPSA) is 57.5 Å². The second-order valence-corrected chi connectivity index (χ2v) is 13.4. The predicted octanol–water partition coefficient (Wildman–Crippen LogP) is 7.54. The Bertz CT molecular complexity index is 866. The fourth-order valence-corrected chi connectivity index (χ4v) is 9.74. The van der Waals surface area contributed by atoms with Gasteiger partial charge in [-0.3, -0.25) is 4.79 Å². The Morgan fingerprint density at radius 3 is 2.27 bits per heavy atom. The Kier molecular flexibility index (Phi) is 6.25. The number of fused-ring (bicyclic) bond motifs is 5. The first kappa shape index (κ1) is 25.0. The van der Waals surface area contributed by atoms with Crippen molar-refractivity contribution in [3.8, 4) is 0 Å². The number of allylic oxidation sites excluding steroid dienone is 4. The molecule has 33 heavy (non-hydrogen) atoms. The molecule has 0 bridgehead atoms. The van der Waals surface area contributed by atoms with Gasteiger partial charge in [-0.25, -0.2) is 0 Å². The number of carboxylic acid groups (broad SMARTS) is 1. The third-order valence-electron chi connectivity index (χ3n) is 11.9. The van der Waals surface area contributed by atoms with Crippen LogP contribution in [0.4, 0.5) is 0 Å². The Hall–Kier alpha value is -1.09. The maximum absolute atomic E-state index is 12.4. The average Bonchev–Trinajstić information content (AvgIpc) is 3.09. The Labute approximate surface area is 202 Å². The number of aliphatic hydroxyl groups is 1. The molecule has 0 aromatic carbocycles. The van der Waals surface area contributed by atoms with Gasteiger partial charge in [-0.15, -0.1) is 0 Å². The minimum Gasteiger partial charge on any atom is -0.481 e. The van der Waals surface area contributed by atoms with Crippen LogP contribution in [-0.4, -0.2) is 22.3 Å². The van der Waals surface area contributed by atoms with E-state index >= 15 is 0 Å². The second kappa shape index (κ2) is 8.25. The molecule has 0 radical (unpaired) electrons. The molecule has 4 aliphatic rings. The summed E-state index contributed by atoms with van der Waals surface area (Å²) in [5.41, 5.74) is 4.31. The van der Waals surface area contributed by atoms with E-state index in [1.54, 1.807) is 11.1 Å². The van der Waals surface area contributed by atoms with Gasteiger partial charge in [-0.1, -0.05) is 43.6 Å². The summed E-state index contributed by atoms with van der Waals surface area (Å²) in [6, 6.07) is 0. The van der Waals surface area contributed by atoms with E-state index in [1.807, 2.05) is 6.92 Å². The Morgan fingerprint density at radius 2 is 1.64 bits per heavy atom. The first-order valence-electron chi connectivity index (χ1n) is 13.6. The molecule has 0 heterocycles. The monoisotopic (exact) mass is 456 g/mol. The quantitative estimate of drug-likeness (QED) is 0.429. The molecule has 2 N–H and O–H groups in total. The molecule has 4 saturated carbocycles. The van der Waals surface area contributed by atoms with Crippen LogP contribution in [-0.2, 0) is 4.79 Å². The molecule has 3 nitrogen and oxygen atoms in total. The molecule has 186 valence electrons. The summed E-state index contributed by atoms with van der Waals surface area (Å²) in [5.74, 6) is 0.492. The van der Waals surface area contributed by atoms with Crippen molar-refractivity contribution in [1.29, 1.82) is 0 Å². The highest BCUT2D eigenvalue weighted by atomic mass is 16.4. The highest BCUT2D eigenvalue weighted by molar-refractivity contribution is 5.76. The molecule has 3 heteroatoms. The van der Waals surface area contributed by atoms with Gasteiger partial charge in [-0.2, -0.15) is 0 Å². The molecule has 0 aliphatic heterocycles. The third kappa shape index (κ3) is 3.42. The predicted molar refractivity (Wildman–Crippen MR) is 135 cm³/mol. The largest absolute Gasteiger partial charge is 0.481 e. The lowest BCUT2D eigenvalue weighted by Gasteiger charge is -2.69. The molecular weight excluding hydrogens is 408 g/mol. The molecule has 0 amide bonds. The lowest BCUT2D eigenvalue weighted by Crippen LogP contribution is -2.65. The fourth-order valence-electron chi connectivity index (χ4n) is 9.74. The molecule has 0 aromatic heterocycles. The summed E-state index contributed by atoms with van der Waals surface area (Å²) in [6.07, 6.45) is 12.6. The van der Waals surface area contributed by atoms with Crippen LogP contribution in [0.1, 0.15) is 113 Å². The van der Waals surface area contributed by atoms with E-state index in [2.05, 4.69) is 47.6 Å². The van der Waals surface area contributed by atoms with E-state index in [0.717, 1.165) is 25.7 Å². The van der Waals surface area contributed by atoms with Gasteiger partial charge in [0.2, 0.25) is 0 Å². The molecule has 0 saturated heterocycles. The van der Waals surface area contributed by atoms with E-state index in [1.165, 1.54) is 37.7 Å². The molecule has 8 atom stereocenters. The van der Waals surface area contributed by atoms with Gasteiger partial charge in [0, 0.05) is 0 Å². The third-order valence-corrected chi connectivity index (χ3v) is 11.9. The van der Waals surface area contributed by atoms with Crippen molar-refractivity contribution >= 4 is 5.97 Å². The van der Waals surface area contributed by atoms with Crippen LogP contribution in [0, 0.1) is 39.4 Å². The van der Waals surface area contributed by atoms with Crippen LogP contribution >= 0.6 is 0 Å². The van der Waals surface area contributed by atoms with Gasteiger partial charge in [0.15, 0.2) is 0 Å². The van der Waals surface area contributed by atoms with E-state index in [4.69, 9.17) is 0 Å². The minimum atomic E-state index is -1.02. The first-order valence-corrected chi connectivity index (χ1v) is 13.6. The molecule has 4 rings (SSSR count). The van der Waals surface area contributed by atoms with Crippen molar-refractivity contribution < 1.29 is 15.0 Å². The van der Waals surface area contributed by atoms with Crippen LogP contribution in [0.25, 0.3) is 0 Å². The summed E-state index contributed by atoms with van der Waals surface area (Å²) >= 11 is 0. The van der Waals surface area contributed by atoms with Crippen molar-refractivity contribution in [3.05, 3.63) is 22.8 Å². The van der Waals surface area contributed by atoms with Crippen LogP contribution in [0.5, 0.6) is 0 Å². The molecular formula is C30H48O3. The summed E-state index contributed by atoms with van der Waals surface area (Å²) in [4.78, 5) is 12.4. The fraction of sp³-hybridized carbons (Fsp3) is 0.833. The number of hydrogen-bond acceptors (Lipinski definition) is 2. The van der Waals surface area contributed by atoms with Crippen molar-refractivity contribution in [1.82, 2.24) is 0 Å². The van der Waals surface area contributed by atoms with Gasteiger partial charge in [0.1, 0.15) is 0 Å². The van der Waals surface area contributed by atoms with Crippen molar-refractivity contribution in [2.24, 2.45) is 39.4 Å². The Morgan fingerprint density at radius 1 is 0.939 bits per heavy atom. The van der Waals surface area contributed by atoms with Crippen LogP contribution in [0.15, 0.2) is 22.8 Å². The molecule has 0 aromatic rings.